The molecule has 2 saturated carbocycles. The number of nitrogens with zero attached hydrogens (tertiary/aromatic N) is 4. The minimum atomic E-state index is -3.73. The summed E-state index contributed by atoms with van der Waals surface area (Å²) in [7, 11) is -3.73. The standard InChI is InChI=1S/C23H27N5O4S/c1-13-18(14(2)32-25-13)12-27-21(29)17-10-16(33(30,31)26-23(3)8-9-23)6-7-19(17)28-20(15-4-5-15)11-24-22(27)28/h6-7,10,15,20,26H,4-5,8-9,11-12H2,1-3H3/t20-/m0/s1. The number of anilines is 1. The lowest BCUT2D eigenvalue weighted by Gasteiger charge is -2.39. The van der Waals surface area contributed by atoms with Crippen LogP contribution in [0.2, 0.25) is 0 Å². The van der Waals surface area contributed by atoms with Crippen molar-refractivity contribution in [2.24, 2.45) is 10.9 Å². The number of fused-ring (bicyclic) bond motifs is 3. The fourth-order valence-corrected chi connectivity index (χ4v) is 6.32. The molecule has 2 aliphatic heterocycles. The lowest BCUT2D eigenvalue weighted by Crippen LogP contribution is -2.53. The molecule has 1 aromatic heterocycles. The maximum Gasteiger partial charge on any atom is 0.263 e. The molecule has 10 heteroatoms. The van der Waals surface area contributed by atoms with Gasteiger partial charge in [0.25, 0.3) is 5.91 Å². The predicted octanol–water partition coefficient (Wildman–Crippen LogP) is 2.73. The Kier molecular flexibility index (Phi) is 4.36. The van der Waals surface area contributed by atoms with Gasteiger partial charge in [0.2, 0.25) is 16.0 Å². The van der Waals surface area contributed by atoms with E-state index in [0.717, 1.165) is 42.6 Å². The Morgan fingerprint density at radius 3 is 2.64 bits per heavy atom. The molecular weight excluding hydrogens is 442 g/mol. The Bertz CT molecular complexity index is 1290. The van der Waals surface area contributed by atoms with Crippen molar-refractivity contribution >= 4 is 27.6 Å². The summed E-state index contributed by atoms with van der Waals surface area (Å²) in [5.41, 5.74) is 2.31. The quantitative estimate of drug-likeness (QED) is 0.697. The van der Waals surface area contributed by atoms with Gasteiger partial charge in [0, 0.05) is 11.1 Å². The van der Waals surface area contributed by atoms with Gasteiger partial charge in [-0.2, -0.15) is 0 Å². The molecule has 6 rings (SSSR count). The van der Waals surface area contributed by atoms with Crippen molar-refractivity contribution in [1.82, 2.24) is 14.8 Å². The number of aromatic nitrogens is 1. The maximum atomic E-state index is 13.7. The Morgan fingerprint density at radius 2 is 2.00 bits per heavy atom. The molecule has 1 amide bonds. The summed E-state index contributed by atoms with van der Waals surface area (Å²) in [5.74, 6) is 1.57. The topological polar surface area (TPSA) is 108 Å². The number of aryl methyl sites for hydroxylation is 2. The summed E-state index contributed by atoms with van der Waals surface area (Å²) in [4.78, 5) is 22.4. The van der Waals surface area contributed by atoms with Crippen LogP contribution in [0.15, 0.2) is 32.6 Å². The van der Waals surface area contributed by atoms with Crippen molar-refractivity contribution in [2.45, 2.75) is 69.5 Å². The molecule has 1 atom stereocenters. The van der Waals surface area contributed by atoms with Crippen molar-refractivity contribution in [3.8, 4) is 0 Å². The zero-order valence-corrected chi connectivity index (χ0v) is 19.8. The first-order chi connectivity index (χ1) is 15.7. The van der Waals surface area contributed by atoms with E-state index in [1.165, 1.54) is 6.07 Å². The molecule has 174 valence electrons. The van der Waals surface area contributed by atoms with E-state index >= 15 is 0 Å². The van der Waals surface area contributed by atoms with Crippen LogP contribution in [-0.2, 0) is 16.6 Å². The first-order valence-corrected chi connectivity index (χ1v) is 12.9. The molecule has 0 spiro atoms. The number of hydrogen-bond acceptors (Lipinski definition) is 7. The lowest BCUT2D eigenvalue weighted by atomic mass is 10.0. The van der Waals surface area contributed by atoms with Gasteiger partial charge in [-0.1, -0.05) is 5.16 Å². The van der Waals surface area contributed by atoms with Crippen LogP contribution in [0.3, 0.4) is 0 Å². The summed E-state index contributed by atoms with van der Waals surface area (Å²) in [5, 5.41) is 4.02. The number of aliphatic imine (C=N–C) groups is 1. The molecule has 0 unspecified atom stereocenters. The Labute approximate surface area is 192 Å². The summed E-state index contributed by atoms with van der Waals surface area (Å²) in [6, 6.07) is 5.07. The third-order valence-corrected chi connectivity index (χ3v) is 8.90. The van der Waals surface area contributed by atoms with Crippen molar-refractivity contribution in [2.75, 3.05) is 11.4 Å². The highest BCUT2D eigenvalue weighted by atomic mass is 32.2. The molecule has 0 bridgehead atoms. The molecule has 4 aliphatic rings. The number of carbonyl (C=O) groups is 1. The molecular formula is C23H27N5O4S. The molecule has 1 N–H and O–H groups in total. The molecule has 2 aromatic rings. The van der Waals surface area contributed by atoms with E-state index in [0.29, 0.717) is 29.7 Å². The highest BCUT2D eigenvalue weighted by Gasteiger charge is 2.48. The second kappa shape index (κ2) is 6.89. The minimum absolute atomic E-state index is 0.113. The first-order valence-electron chi connectivity index (χ1n) is 11.4. The molecule has 2 fully saturated rings. The number of rotatable bonds is 6. The fraction of sp³-hybridized carbons (Fsp3) is 0.522. The molecule has 33 heavy (non-hydrogen) atoms. The predicted molar refractivity (Wildman–Crippen MR) is 122 cm³/mol. The van der Waals surface area contributed by atoms with Crippen LogP contribution in [0.5, 0.6) is 0 Å². The highest BCUT2D eigenvalue weighted by molar-refractivity contribution is 7.89. The van der Waals surface area contributed by atoms with Crippen LogP contribution in [-0.4, -0.2) is 48.5 Å². The Hall–Kier alpha value is -2.72. The summed E-state index contributed by atoms with van der Waals surface area (Å²) < 4.78 is 34.1. The smallest absolute Gasteiger partial charge is 0.263 e. The number of benzene rings is 1. The molecule has 9 nitrogen and oxygen atoms in total. The number of sulfonamides is 1. The first kappa shape index (κ1) is 20.9. The third kappa shape index (κ3) is 3.38. The maximum absolute atomic E-state index is 13.7. The Morgan fingerprint density at radius 1 is 1.24 bits per heavy atom. The second-order valence-corrected chi connectivity index (χ2v) is 11.6. The third-order valence-electron chi connectivity index (χ3n) is 7.27. The van der Waals surface area contributed by atoms with Crippen molar-refractivity contribution in [3.63, 3.8) is 0 Å². The van der Waals surface area contributed by atoms with E-state index in [1.54, 1.807) is 17.0 Å². The normalized spacial score (nSPS) is 23.4. The number of guanidine groups is 1. The lowest BCUT2D eigenvalue weighted by molar-refractivity contribution is 0.0832. The molecule has 2 aliphatic carbocycles. The van der Waals surface area contributed by atoms with E-state index < -0.39 is 10.0 Å². The van der Waals surface area contributed by atoms with Crippen LogP contribution in [0.4, 0.5) is 5.69 Å². The van der Waals surface area contributed by atoms with Gasteiger partial charge in [-0.15, -0.1) is 0 Å². The summed E-state index contributed by atoms with van der Waals surface area (Å²) >= 11 is 0. The molecule has 3 heterocycles. The molecule has 1 aromatic carbocycles. The number of hydrogen-bond donors (Lipinski definition) is 1. The van der Waals surface area contributed by atoms with Crippen LogP contribution >= 0.6 is 0 Å². The second-order valence-electron chi connectivity index (χ2n) is 9.95. The van der Waals surface area contributed by atoms with E-state index in [1.807, 2.05) is 20.8 Å². The van der Waals surface area contributed by atoms with Crippen molar-refractivity contribution in [3.05, 3.63) is 40.8 Å². The average Bonchev–Trinajstić information content (AvgIpc) is 3.68. The van der Waals surface area contributed by atoms with Crippen molar-refractivity contribution in [1.29, 1.82) is 0 Å². The van der Waals surface area contributed by atoms with Gasteiger partial charge in [0.05, 0.1) is 41.0 Å². The number of amides is 1. The van der Waals surface area contributed by atoms with Crippen LogP contribution in [0, 0.1) is 19.8 Å². The zero-order valence-electron chi connectivity index (χ0n) is 19.0. The van der Waals surface area contributed by atoms with Crippen molar-refractivity contribution < 1.29 is 17.7 Å². The van der Waals surface area contributed by atoms with Crippen LogP contribution in [0.25, 0.3) is 0 Å². The molecule has 0 saturated heterocycles. The van der Waals surface area contributed by atoms with Crippen LogP contribution < -0.4 is 9.62 Å². The summed E-state index contributed by atoms with van der Waals surface area (Å²) in [6.07, 6.45) is 3.92. The van der Waals surface area contributed by atoms with Gasteiger partial charge < -0.3 is 9.42 Å². The van der Waals surface area contributed by atoms with Crippen LogP contribution in [0.1, 0.15) is 60.0 Å². The highest BCUT2D eigenvalue weighted by Crippen LogP contribution is 2.44. The molecule has 0 radical (unpaired) electrons. The fourth-order valence-electron chi connectivity index (χ4n) is 4.83. The largest absolute Gasteiger partial charge is 0.361 e. The van der Waals surface area contributed by atoms with Gasteiger partial charge in [-0.3, -0.25) is 14.7 Å². The van der Waals surface area contributed by atoms with Gasteiger partial charge in [-0.25, -0.2) is 13.1 Å². The van der Waals surface area contributed by atoms with Gasteiger partial charge in [-0.05, 0) is 70.6 Å². The minimum Gasteiger partial charge on any atom is -0.361 e. The average molecular weight is 470 g/mol. The Balaban J connectivity index is 1.43. The summed E-state index contributed by atoms with van der Waals surface area (Å²) in [6.45, 7) is 6.48. The zero-order chi connectivity index (χ0) is 23.1. The monoisotopic (exact) mass is 469 g/mol. The van der Waals surface area contributed by atoms with E-state index in [-0.39, 0.29) is 28.9 Å². The van der Waals surface area contributed by atoms with Gasteiger partial charge in [0.1, 0.15) is 5.76 Å². The van der Waals surface area contributed by atoms with E-state index in [9.17, 15) is 13.2 Å². The number of nitrogens with one attached hydrogen (secondary N) is 1. The van der Waals surface area contributed by atoms with E-state index in [4.69, 9.17) is 9.52 Å². The SMILES string of the molecule is Cc1noc(C)c1CN1C(=O)c2cc(S(=O)(=O)NC3(C)CC3)ccc2N2C1=NC[C@H]2C1CC1. The van der Waals surface area contributed by atoms with E-state index in [2.05, 4.69) is 14.8 Å². The number of carbonyl (C=O) groups excluding carboxylic acids is 1. The van der Waals surface area contributed by atoms with Gasteiger partial charge in [0.15, 0.2) is 0 Å². The van der Waals surface area contributed by atoms with Gasteiger partial charge >= 0.3 is 0 Å².